The molecule has 12 heavy (non-hydrogen) atoms. The quantitative estimate of drug-likeness (QED) is 0.729. The summed E-state index contributed by atoms with van der Waals surface area (Å²) in [7, 11) is 0. The molecule has 0 bridgehead atoms. The number of hydrogen-bond acceptors (Lipinski definition) is 2. The molecule has 0 aliphatic carbocycles. The molecule has 1 heterocycles. The van der Waals surface area contributed by atoms with Crippen LogP contribution in [0.3, 0.4) is 0 Å². The van der Waals surface area contributed by atoms with Gasteiger partial charge in [0.25, 0.3) is 0 Å². The highest BCUT2D eigenvalue weighted by Crippen LogP contribution is 2.15. The maximum absolute atomic E-state index is 5.67. The number of nitrogens with zero attached hydrogens (tertiary/aromatic N) is 1. The van der Waals surface area contributed by atoms with Gasteiger partial charge in [-0.2, -0.15) is 0 Å². The largest absolute Gasteiger partial charge is 0.329 e. The molecular weight excluding hydrogens is 172 g/mol. The molecule has 1 aliphatic rings. The molecule has 2 N–H and O–H groups in total. The Balaban J connectivity index is 2.36. The van der Waals surface area contributed by atoms with Crippen LogP contribution in [0.25, 0.3) is 0 Å². The Kier molecular flexibility index (Phi) is 4.66. The van der Waals surface area contributed by atoms with Gasteiger partial charge in [0.2, 0.25) is 0 Å². The Morgan fingerprint density at radius 3 is 3.00 bits per heavy atom. The number of rotatable bonds is 3. The molecule has 0 radical (unpaired) electrons. The van der Waals surface area contributed by atoms with Crippen LogP contribution in [-0.2, 0) is 0 Å². The Bertz CT molecular complexity index is 147. The predicted octanol–water partition coefficient (Wildman–Crippen LogP) is 1.55. The monoisotopic (exact) mass is 188 g/mol. The molecule has 2 nitrogen and oxygen atoms in total. The molecule has 3 heteroatoms. The van der Waals surface area contributed by atoms with E-state index in [-0.39, 0.29) is 0 Å². The molecular formula is C9H17ClN2. The van der Waals surface area contributed by atoms with E-state index >= 15 is 0 Å². The van der Waals surface area contributed by atoms with Crippen molar-refractivity contribution >= 4 is 11.6 Å². The van der Waals surface area contributed by atoms with Gasteiger partial charge in [0.05, 0.1) is 0 Å². The van der Waals surface area contributed by atoms with Gasteiger partial charge < -0.3 is 5.73 Å². The van der Waals surface area contributed by atoms with Gasteiger partial charge in [0.15, 0.2) is 0 Å². The Morgan fingerprint density at radius 1 is 1.50 bits per heavy atom. The zero-order valence-electron chi connectivity index (χ0n) is 7.38. The zero-order chi connectivity index (χ0) is 8.81. The minimum absolute atomic E-state index is 0.576. The molecule has 0 spiro atoms. The molecule has 1 saturated heterocycles. The lowest BCUT2D eigenvalue weighted by Gasteiger charge is -2.33. The average Bonchev–Trinajstić information content (AvgIpc) is 2.15. The molecule has 1 unspecified atom stereocenters. The highest BCUT2D eigenvalue weighted by atomic mass is 35.5. The number of halogens is 1. The van der Waals surface area contributed by atoms with Gasteiger partial charge in [0.1, 0.15) is 0 Å². The van der Waals surface area contributed by atoms with Gasteiger partial charge in [-0.1, -0.05) is 24.1 Å². The van der Waals surface area contributed by atoms with Crippen LogP contribution in [0.1, 0.15) is 19.3 Å². The molecule has 1 fully saturated rings. The Morgan fingerprint density at radius 2 is 2.33 bits per heavy atom. The first kappa shape index (κ1) is 10.0. The number of piperidine rings is 1. The van der Waals surface area contributed by atoms with Crippen molar-refractivity contribution in [2.45, 2.75) is 25.3 Å². The summed E-state index contributed by atoms with van der Waals surface area (Å²) in [6, 6.07) is 0.576. The van der Waals surface area contributed by atoms with E-state index < -0.39 is 0 Å². The average molecular weight is 189 g/mol. The lowest BCUT2D eigenvalue weighted by molar-refractivity contribution is 0.170. The van der Waals surface area contributed by atoms with Crippen LogP contribution in [0.15, 0.2) is 11.6 Å². The number of hydrogen-bond donors (Lipinski definition) is 1. The van der Waals surface area contributed by atoms with Gasteiger partial charge in [-0.05, 0) is 19.4 Å². The first-order valence-corrected chi connectivity index (χ1v) is 5.01. The van der Waals surface area contributed by atoms with Gasteiger partial charge in [-0.15, -0.1) is 0 Å². The maximum Gasteiger partial charge on any atom is 0.0221 e. The van der Waals surface area contributed by atoms with Crippen molar-refractivity contribution in [2.75, 3.05) is 19.6 Å². The van der Waals surface area contributed by atoms with Crippen LogP contribution in [0.4, 0.5) is 0 Å². The van der Waals surface area contributed by atoms with E-state index in [1.54, 1.807) is 5.54 Å². The van der Waals surface area contributed by atoms with Crippen LogP contribution in [-0.4, -0.2) is 30.6 Å². The summed E-state index contributed by atoms with van der Waals surface area (Å²) in [6.45, 7) is 2.89. The predicted molar refractivity (Wildman–Crippen MR) is 53.3 cm³/mol. The van der Waals surface area contributed by atoms with E-state index in [0.29, 0.717) is 6.04 Å². The summed E-state index contributed by atoms with van der Waals surface area (Å²) < 4.78 is 0. The normalized spacial score (nSPS) is 26.7. The second kappa shape index (κ2) is 5.57. The van der Waals surface area contributed by atoms with Crippen LogP contribution in [0.2, 0.25) is 0 Å². The van der Waals surface area contributed by atoms with E-state index in [9.17, 15) is 0 Å². The van der Waals surface area contributed by atoms with Crippen molar-refractivity contribution in [1.29, 1.82) is 0 Å². The number of nitrogens with two attached hydrogens (primary N) is 1. The zero-order valence-corrected chi connectivity index (χ0v) is 8.13. The molecule has 1 aliphatic heterocycles. The van der Waals surface area contributed by atoms with Gasteiger partial charge in [-0.3, -0.25) is 4.90 Å². The van der Waals surface area contributed by atoms with Crippen molar-refractivity contribution in [1.82, 2.24) is 4.90 Å². The number of likely N-dealkylation sites (tertiary alicyclic amines) is 1. The Labute approximate surface area is 79.4 Å². The summed E-state index contributed by atoms with van der Waals surface area (Å²) in [5.41, 5.74) is 7.25. The molecule has 0 aromatic rings. The highest BCUT2D eigenvalue weighted by Gasteiger charge is 2.19. The molecule has 0 aromatic carbocycles. The van der Waals surface area contributed by atoms with Crippen molar-refractivity contribution in [3.8, 4) is 0 Å². The Hall–Kier alpha value is -0.0500. The molecule has 1 rings (SSSR count). The maximum atomic E-state index is 5.67. The topological polar surface area (TPSA) is 29.3 Å². The van der Waals surface area contributed by atoms with Crippen LogP contribution >= 0.6 is 11.6 Å². The lowest BCUT2D eigenvalue weighted by atomic mass is 10.0. The van der Waals surface area contributed by atoms with Crippen LogP contribution < -0.4 is 5.73 Å². The lowest BCUT2D eigenvalue weighted by Crippen LogP contribution is -2.43. The second-order valence-corrected chi connectivity index (χ2v) is 3.49. The third-order valence-corrected chi connectivity index (χ3v) is 2.63. The van der Waals surface area contributed by atoms with E-state index in [1.807, 2.05) is 6.08 Å². The van der Waals surface area contributed by atoms with E-state index in [4.69, 9.17) is 17.3 Å². The molecule has 0 aromatic heterocycles. The van der Waals surface area contributed by atoms with E-state index in [1.165, 1.54) is 25.8 Å². The van der Waals surface area contributed by atoms with Crippen molar-refractivity contribution < 1.29 is 0 Å². The summed E-state index contributed by atoms with van der Waals surface area (Å²) in [6.07, 6.45) is 5.84. The molecule has 70 valence electrons. The van der Waals surface area contributed by atoms with Crippen molar-refractivity contribution in [3.05, 3.63) is 11.6 Å². The third-order valence-electron chi connectivity index (χ3n) is 2.45. The minimum atomic E-state index is 0.576. The van der Waals surface area contributed by atoms with E-state index in [0.717, 1.165) is 13.1 Å². The second-order valence-electron chi connectivity index (χ2n) is 3.24. The minimum Gasteiger partial charge on any atom is -0.329 e. The first-order valence-electron chi connectivity index (χ1n) is 4.58. The summed E-state index contributed by atoms with van der Waals surface area (Å²) in [5, 5.41) is 0. The summed E-state index contributed by atoms with van der Waals surface area (Å²) >= 11 is 5.47. The van der Waals surface area contributed by atoms with Crippen LogP contribution in [0, 0.1) is 0 Å². The fraction of sp³-hybridized carbons (Fsp3) is 0.778. The molecule has 0 amide bonds. The first-order chi connectivity index (χ1) is 5.88. The van der Waals surface area contributed by atoms with Gasteiger partial charge >= 0.3 is 0 Å². The highest BCUT2D eigenvalue weighted by molar-refractivity contribution is 6.25. The molecule has 1 atom stereocenters. The van der Waals surface area contributed by atoms with Crippen LogP contribution in [0.5, 0.6) is 0 Å². The summed E-state index contributed by atoms with van der Waals surface area (Å²) in [4.78, 5) is 2.41. The fourth-order valence-corrected chi connectivity index (χ4v) is 1.82. The summed E-state index contributed by atoms with van der Waals surface area (Å²) in [5.74, 6) is 0. The van der Waals surface area contributed by atoms with Crippen molar-refractivity contribution in [3.63, 3.8) is 0 Å². The standard InChI is InChI=1S/C9H17ClN2/c10-5-3-7-12-6-2-1-4-9(12)8-11/h3,5,9H,1-2,4,6-8,11H2. The van der Waals surface area contributed by atoms with Gasteiger partial charge in [0, 0.05) is 24.7 Å². The van der Waals surface area contributed by atoms with Crippen molar-refractivity contribution in [2.24, 2.45) is 5.73 Å². The van der Waals surface area contributed by atoms with Gasteiger partial charge in [-0.25, -0.2) is 0 Å². The molecule has 0 saturated carbocycles. The SMILES string of the molecule is NCC1CCCCN1CC=CCl. The smallest absolute Gasteiger partial charge is 0.0221 e. The third kappa shape index (κ3) is 2.77. The van der Waals surface area contributed by atoms with E-state index in [2.05, 4.69) is 4.90 Å². The fourth-order valence-electron chi connectivity index (χ4n) is 1.74.